The van der Waals surface area contributed by atoms with Crippen LogP contribution in [-0.4, -0.2) is 17.3 Å². The fraction of sp³-hybridized carbons (Fsp3) is 0.100. The number of allylic oxidation sites excluding steroid dienone is 1. The summed E-state index contributed by atoms with van der Waals surface area (Å²) < 4.78 is 36.6. The van der Waals surface area contributed by atoms with Crippen LogP contribution in [0.5, 0.6) is 0 Å². The van der Waals surface area contributed by atoms with E-state index in [1.165, 1.54) is 12.1 Å². The summed E-state index contributed by atoms with van der Waals surface area (Å²) >= 11 is 0. The standard InChI is InChI=1S/C10H7F3N2O3/c11-10(12,13)8-6-15(14-17-8)18-9(16)7-4-2-1-3-5-7/h1-6,14H. The van der Waals surface area contributed by atoms with E-state index in [9.17, 15) is 18.0 Å². The van der Waals surface area contributed by atoms with Crippen molar-refractivity contribution in [2.75, 3.05) is 0 Å². The zero-order chi connectivity index (χ0) is 13.2. The van der Waals surface area contributed by atoms with Gasteiger partial charge in [-0.1, -0.05) is 18.2 Å². The molecule has 0 aliphatic carbocycles. The molecule has 0 saturated carbocycles. The minimum Gasteiger partial charge on any atom is -0.379 e. The highest BCUT2D eigenvalue weighted by molar-refractivity contribution is 5.89. The van der Waals surface area contributed by atoms with E-state index < -0.39 is 17.9 Å². The van der Waals surface area contributed by atoms with Gasteiger partial charge in [0.1, 0.15) is 6.20 Å². The first-order valence-electron chi connectivity index (χ1n) is 4.75. The normalized spacial score (nSPS) is 15.1. The van der Waals surface area contributed by atoms with Crippen LogP contribution < -0.4 is 5.59 Å². The van der Waals surface area contributed by atoms with Gasteiger partial charge in [0.05, 0.1) is 5.56 Å². The van der Waals surface area contributed by atoms with E-state index in [0.29, 0.717) is 11.4 Å². The van der Waals surface area contributed by atoms with Crippen molar-refractivity contribution in [2.45, 2.75) is 6.18 Å². The summed E-state index contributed by atoms with van der Waals surface area (Å²) in [6, 6.07) is 7.82. The van der Waals surface area contributed by atoms with Gasteiger partial charge in [0, 0.05) is 0 Å². The summed E-state index contributed by atoms with van der Waals surface area (Å²) in [4.78, 5) is 20.2. The number of carbonyl (C=O) groups excluding carboxylic acids is 1. The second kappa shape index (κ2) is 4.57. The summed E-state index contributed by atoms with van der Waals surface area (Å²) in [7, 11) is 0. The molecule has 0 atom stereocenters. The molecular formula is C10H7F3N2O3. The number of hydrogen-bond donors (Lipinski definition) is 1. The van der Waals surface area contributed by atoms with Gasteiger partial charge in [-0.25, -0.2) is 4.79 Å². The van der Waals surface area contributed by atoms with Crippen molar-refractivity contribution >= 4 is 5.97 Å². The lowest BCUT2D eigenvalue weighted by atomic mass is 10.2. The first-order chi connectivity index (χ1) is 8.47. The van der Waals surface area contributed by atoms with Gasteiger partial charge in [-0.05, 0) is 17.7 Å². The predicted molar refractivity (Wildman–Crippen MR) is 52.1 cm³/mol. The highest BCUT2D eigenvalue weighted by Crippen LogP contribution is 2.28. The summed E-state index contributed by atoms with van der Waals surface area (Å²) in [6.45, 7) is 0. The smallest absolute Gasteiger partial charge is 0.379 e. The molecule has 8 heteroatoms. The lowest BCUT2D eigenvalue weighted by Crippen LogP contribution is -2.30. The van der Waals surface area contributed by atoms with Gasteiger partial charge in [-0.2, -0.15) is 13.2 Å². The van der Waals surface area contributed by atoms with Crippen molar-refractivity contribution in [1.29, 1.82) is 0 Å². The first-order valence-corrected chi connectivity index (χ1v) is 4.75. The van der Waals surface area contributed by atoms with Gasteiger partial charge < -0.3 is 9.68 Å². The minimum atomic E-state index is -4.65. The van der Waals surface area contributed by atoms with E-state index in [4.69, 9.17) is 0 Å². The minimum absolute atomic E-state index is 0.202. The van der Waals surface area contributed by atoms with E-state index in [0.717, 1.165) is 0 Å². The molecule has 0 spiro atoms. The molecule has 0 bridgehead atoms. The van der Waals surface area contributed by atoms with Crippen LogP contribution >= 0.6 is 0 Å². The average molecular weight is 260 g/mol. The maximum absolute atomic E-state index is 12.2. The summed E-state index contributed by atoms with van der Waals surface area (Å²) in [5.41, 5.74) is 1.99. The lowest BCUT2D eigenvalue weighted by Gasteiger charge is -2.12. The Balaban J connectivity index is 2.00. The Hall–Kier alpha value is -2.22. The quantitative estimate of drug-likeness (QED) is 0.880. The molecule has 1 aliphatic heterocycles. The van der Waals surface area contributed by atoms with Gasteiger partial charge >= 0.3 is 12.1 Å². The van der Waals surface area contributed by atoms with Crippen molar-refractivity contribution < 1.29 is 27.6 Å². The second-order valence-corrected chi connectivity index (χ2v) is 3.26. The molecule has 0 amide bonds. The topological polar surface area (TPSA) is 50.8 Å². The molecule has 1 N–H and O–H groups in total. The van der Waals surface area contributed by atoms with Crippen LogP contribution in [0.1, 0.15) is 10.4 Å². The van der Waals surface area contributed by atoms with Gasteiger partial charge in [0.2, 0.25) is 0 Å². The lowest BCUT2D eigenvalue weighted by molar-refractivity contribution is -0.188. The van der Waals surface area contributed by atoms with E-state index in [-0.39, 0.29) is 5.56 Å². The number of nitrogens with zero attached hydrogens (tertiary/aromatic N) is 1. The molecule has 0 aromatic heterocycles. The number of carbonyl (C=O) groups is 1. The van der Waals surface area contributed by atoms with Gasteiger partial charge in [0.15, 0.2) is 0 Å². The number of hydrazine groups is 1. The molecule has 18 heavy (non-hydrogen) atoms. The van der Waals surface area contributed by atoms with Gasteiger partial charge in [-0.3, -0.25) is 0 Å². The Kier molecular flexibility index (Phi) is 3.11. The zero-order valence-corrected chi connectivity index (χ0v) is 8.77. The molecule has 5 nitrogen and oxygen atoms in total. The van der Waals surface area contributed by atoms with E-state index >= 15 is 0 Å². The van der Waals surface area contributed by atoms with E-state index in [1.807, 2.05) is 0 Å². The molecule has 96 valence electrons. The van der Waals surface area contributed by atoms with Crippen molar-refractivity contribution in [3.8, 4) is 0 Å². The molecule has 1 heterocycles. The molecule has 1 aromatic carbocycles. The van der Waals surface area contributed by atoms with Crippen molar-refractivity contribution in [2.24, 2.45) is 0 Å². The number of halogens is 3. The highest BCUT2D eigenvalue weighted by atomic mass is 19.4. The Morgan fingerprint density at radius 2 is 1.94 bits per heavy atom. The fourth-order valence-corrected chi connectivity index (χ4v) is 1.15. The number of rotatable bonds is 2. The van der Waals surface area contributed by atoms with Crippen LogP contribution in [0.3, 0.4) is 0 Å². The molecule has 0 radical (unpaired) electrons. The van der Waals surface area contributed by atoms with Gasteiger partial charge in [-0.15, -0.1) is 5.17 Å². The Morgan fingerprint density at radius 1 is 1.28 bits per heavy atom. The fourth-order valence-electron chi connectivity index (χ4n) is 1.15. The molecule has 0 unspecified atom stereocenters. The van der Waals surface area contributed by atoms with Crippen LogP contribution in [0.4, 0.5) is 13.2 Å². The third kappa shape index (κ3) is 2.72. The second-order valence-electron chi connectivity index (χ2n) is 3.26. The Labute approximate surface area is 99.3 Å². The average Bonchev–Trinajstić information content (AvgIpc) is 2.78. The zero-order valence-electron chi connectivity index (χ0n) is 8.77. The number of hydrogen-bond acceptors (Lipinski definition) is 5. The molecule has 0 saturated heterocycles. The number of alkyl halides is 3. The SMILES string of the molecule is O=C(ON1C=C(C(F)(F)F)ON1)c1ccccc1. The monoisotopic (exact) mass is 260 g/mol. The van der Waals surface area contributed by atoms with Crippen molar-refractivity contribution in [3.05, 3.63) is 47.9 Å². The Bertz CT molecular complexity index is 473. The van der Waals surface area contributed by atoms with Crippen LogP contribution in [0, 0.1) is 0 Å². The molecule has 0 fully saturated rings. The third-order valence-electron chi connectivity index (χ3n) is 1.95. The summed E-state index contributed by atoms with van der Waals surface area (Å²) in [5, 5.41) is 0.443. The first kappa shape index (κ1) is 12.2. The summed E-state index contributed by atoms with van der Waals surface area (Å²) in [6.07, 6.45) is -4.16. The van der Waals surface area contributed by atoms with E-state index in [2.05, 4.69) is 9.68 Å². The molecule has 2 rings (SSSR count). The largest absolute Gasteiger partial charge is 0.453 e. The third-order valence-corrected chi connectivity index (χ3v) is 1.95. The van der Waals surface area contributed by atoms with Crippen LogP contribution in [0.15, 0.2) is 42.3 Å². The van der Waals surface area contributed by atoms with Crippen LogP contribution in [0.2, 0.25) is 0 Å². The van der Waals surface area contributed by atoms with E-state index in [1.54, 1.807) is 23.8 Å². The summed E-state index contributed by atoms with van der Waals surface area (Å²) in [5.74, 6) is -2.12. The van der Waals surface area contributed by atoms with Crippen molar-refractivity contribution in [1.82, 2.24) is 10.8 Å². The number of hydroxylamine groups is 1. The van der Waals surface area contributed by atoms with Crippen LogP contribution in [0.25, 0.3) is 0 Å². The van der Waals surface area contributed by atoms with Crippen molar-refractivity contribution in [3.63, 3.8) is 0 Å². The number of benzene rings is 1. The predicted octanol–water partition coefficient (Wildman–Crippen LogP) is 1.91. The molecule has 1 aromatic rings. The van der Waals surface area contributed by atoms with Gasteiger partial charge in [0.25, 0.3) is 5.76 Å². The maximum Gasteiger partial charge on any atom is 0.453 e. The Morgan fingerprint density at radius 3 is 2.50 bits per heavy atom. The molecule has 1 aliphatic rings. The molecular weight excluding hydrogens is 253 g/mol. The maximum atomic E-state index is 12.2. The number of nitrogens with one attached hydrogen (secondary N) is 1. The highest BCUT2D eigenvalue weighted by Gasteiger charge is 2.41. The van der Waals surface area contributed by atoms with Crippen LogP contribution in [-0.2, 0) is 9.68 Å².